The van der Waals surface area contributed by atoms with Crippen LogP contribution < -0.4 is 0 Å². The predicted octanol–water partition coefficient (Wildman–Crippen LogP) is 1.63. The van der Waals surface area contributed by atoms with Crippen LogP contribution in [0.4, 0.5) is 0 Å². The van der Waals surface area contributed by atoms with Gasteiger partial charge in [-0.1, -0.05) is 39.8 Å². The van der Waals surface area contributed by atoms with Crippen molar-refractivity contribution in [3.63, 3.8) is 0 Å². The molecule has 5 rings (SSSR count). The van der Waals surface area contributed by atoms with Crippen LogP contribution in [0.5, 0.6) is 0 Å². The summed E-state index contributed by atoms with van der Waals surface area (Å²) in [5.41, 5.74) is -2.15. The Kier molecular flexibility index (Phi) is 9.80. The number of allylic oxidation sites excluding steroid dienone is 1. The molecule has 10 heteroatoms. The minimum atomic E-state index is -1.27. The fourth-order valence-electron chi connectivity index (χ4n) is 10.6. The zero-order chi connectivity index (χ0) is 31.5. The van der Waals surface area contributed by atoms with Crippen LogP contribution in [-0.2, 0) is 18.9 Å². The molecule has 4 aliphatic carbocycles. The summed E-state index contributed by atoms with van der Waals surface area (Å²) in [6, 6.07) is 0. The van der Waals surface area contributed by atoms with Gasteiger partial charge in [0.1, 0.15) is 18.3 Å². The number of hydrogen-bond acceptors (Lipinski definition) is 10. The molecular formula is C33H56O10. The van der Waals surface area contributed by atoms with Crippen LogP contribution in [0.2, 0.25) is 0 Å². The molecule has 6 N–H and O–H groups in total. The monoisotopic (exact) mass is 612 g/mol. The highest BCUT2D eigenvalue weighted by atomic mass is 16.7. The average molecular weight is 613 g/mol. The molecule has 0 aromatic carbocycles. The molecule has 5 aliphatic rings. The van der Waals surface area contributed by atoms with E-state index in [1.807, 2.05) is 13.0 Å². The molecule has 1 aliphatic heterocycles. The van der Waals surface area contributed by atoms with Crippen molar-refractivity contribution in [2.75, 3.05) is 27.4 Å². The number of ether oxygens (including phenoxy) is 4. The number of aliphatic hydroxyl groups is 6. The van der Waals surface area contributed by atoms with E-state index in [0.717, 1.165) is 12.8 Å². The van der Waals surface area contributed by atoms with Gasteiger partial charge in [-0.3, -0.25) is 0 Å². The highest BCUT2D eigenvalue weighted by molar-refractivity contribution is 5.21. The molecule has 0 aromatic heterocycles. The maximum absolute atomic E-state index is 12.6. The second kappa shape index (κ2) is 12.5. The zero-order valence-corrected chi connectivity index (χ0v) is 26.7. The molecule has 1 heterocycles. The van der Waals surface area contributed by atoms with Gasteiger partial charge >= 0.3 is 0 Å². The Morgan fingerprint density at radius 3 is 2.26 bits per heavy atom. The van der Waals surface area contributed by atoms with Gasteiger partial charge in [0.2, 0.25) is 0 Å². The lowest BCUT2D eigenvalue weighted by molar-refractivity contribution is -0.321. The first-order valence-electron chi connectivity index (χ1n) is 16.3. The average Bonchev–Trinajstić information content (AvgIpc) is 3.24. The summed E-state index contributed by atoms with van der Waals surface area (Å²) in [4.78, 5) is 0. The SMILES string of the molecule is COC1C(O)[C@H](OC)CO[C@H]1O[C@H]1CC[C@@]2(C)C([C@H](O)C[C@]3(O)C2CC[C@]2(C)C([C@H](C)/C=C/C(C)CO)C[C@H](O)C23)[C@H]1O. The molecule has 43 heavy (non-hydrogen) atoms. The molecule has 5 fully saturated rings. The lowest BCUT2D eigenvalue weighted by atomic mass is 9.41. The van der Waals surface area contributed by atoms with Crippen molar-refractivity contribution in [2.24, 2.45) is 46.3 Å². The van der Waals surface area contributed by atoms with Crippen LogP contribution >= 0.6 is 0 Å². The standard InChI is InChI=1S/C33H56O10/c1-17(15-34)7-8-18(2)19-13-20(35)29-31(19,3)12-10-24-32(4)11-9-22(26(37)25(32)21(36)14-33(24,29)39)43-30-28(41-6)27(38)23(40-5)16-42-30/h7-8,17-30,34-39H,9-16H2,1-6H3/b8-7+/t17?,18-,19?,20+,21-,22+,23-,24?,25?,26+,27?,28?,29?,30+,31-,32-,33+/m1/s1. The molecule has 4 saturated carbocycles. The van der Waals surface area contributed by atoms with Gasteiger partial charge in [-0.15, -0.1) is 0 Å². The van der Waals surface area contributed by atoms with Gasteiger partial charge in [0.05, 0.1) is 36.6 Å². The highest BCUT2D eigenvalue weighted by Crippen LogP contribution is 2.69. The van der Waals surface area contributed by atoms with Crippen LogP contribution in [0.3, 0.4) is 0 Å². The topological polar surface area (TPSA) is 158 Å². The van der Waals surface area contributed by atoms with Gasteiger partial charge in [0.25, 0.3) is 0 Å². The lowest BCUT2D eigenvalue weighted by Gasteiger charge is -2.66. The Hall–Kier alpha value is -0.660. The molecule has 0 aromatic rings. The van der Waals surface area contributed by atoms with Gasteiger partial charge in [0.15, 0.2) is 6.29 Å². The molecule has 248 valence electrons. The third-order valence-corrected chi connectivity index (χ3v) is 12.7. The minimum absolute atomic E-state index is 0.0607. The summed E-state index contributed by atoms with van der Waals surface area (Å²) in [6.07, 6.45) is 1.04. The number of aliphatic hydroxyl groups excluding tert-OH is 5. The van der Waals surface area contributed by atoms with Gasteiger partial charge < -0.3 is 49.6 Å². The first kappa shape index (κ1) is 33.7. The van der Waals surface area contributed by atoms with E-state index >= 15 is 0 Å². The number of fused-ring (bicyclic) bond motifs is 5. The zero-order valence-electron chi connectivity index (χ0n) is 26.7. The van der Waals surface area contributed by atoms with E-state index in [4.69, 9.17) is 18.9 Å². The molecule has 10 nitrogen and oxygen atoms in total. The van der Waals surface area contributed by atoms with Crippen LogP contribution in [0.25, 0.3) is 0 Å². The van der Waals surface area contributed by atoms with E-state index in [1.165, 1.54) is 14.2 Å². The smallest absolute Gasteiger partial charge is 0.186 e. The van der Waals surface area contributed by atoms with Gasteiger partial charge in [-0.25, -0.2) is 0 Å². The maximum Gasteiger partial charge on any atom is 0.186 e. The van der Waals surface area contributed by atoms with E-state index in [-0.39, 0.29) is 54.6 Å². The van der Waals surface area contributed by atoms with Crippen molar-refractivity contribution < 1.29 is 49.6 Å². The number of hydrogen-bond donors (Lipinski definition) is 6. The Bertz CT molecular complexity index is 995. The molecule has 1 saturated heterocycles. The summed E-state index contributed by atoms with van der Waals surface area (Å²) in [5, 5.41) is 67.8. The van der Waals surface area contributed by atoms with Crippen molar-refractivity contribution in [3.05, 3.63) is 12.2 Å². The molecule has 0 amide bonds. The fraction of sp³-hybridized carbons (Fsp3) is 0.939. The van der Waals surface area contributed by atoms with E-state index in [2.05, 4.69) is 26.8 Å². The van der Waals surface area contributed by atoms with Gasteiger partial charge in [-0.05, 0) is 66.6 Å². The maximum atomic E-state index is 12.6. The van der Waals surface area contributed by atoms with Gasteiger partial charge in [0, 0.05) is 39.1 Å². The van der Waals surface area contributed by atoms with Crippen molar-refractivity contribution in [3.8, 4) is 0 Å². The normalized spacial score (nSPS) is 53.2. The number of rotatable bonds is 8. The fourth-order valence-corrected chi connectivity index (χ4v) is 10.6. The van der Waals surface area contributed by atoms with Crippen molar-refractivity contribution in [2.45, 2.75) is 121 Å². The lowest BCUT2D eigenvalue weighted by Crippen LogP contribution is -2.71. The Balaban J connectivity index is 1.36. The summed E-state index contributed by atoms with van der Waals surface area (Å²) in [5.74, 6) is -0.724. The quantitative estimate of drug-likeness (QED) is 0.176. The van der Waals surface area contributed by atoms with Crippen molar-refractivity contribution in [1.82, 2.24) is 0 Å². The first-order valence-corrected chi connectivity index (χ1v) is 16.3. The molecule has 0 radical (unpaired) electrons. The Morgan fingerprint density at radius 2 is 1.60 bits per heavy atom. The van der Waals surface area contributed by atoms with E-state index in [9.17, 15) is 30.6 Å². The number of methoxy groups -OCH3 is 2. The molecule has 7 unspecified atom stereocenters. The van der Waals surface area contributed by atoms with Crippen LogP contribution in [0.15, 0.2) is 12.2 Å². The van der Waals surface area contributed by atoms with Crippen molar-refractivity contribution >= 4 is 0 Å². The minimum Gasteiger partial charge on any atom is -0.396 e. The molecular weight excluding hydrogens is 556 g/mol. The second-order valence-electron chi connectivity index (χ2n) is 15.1. The van der Waals surface area contributed by atoms with Crippen LogP contribution in [-0.4, -0.2) is 113 Å². The van der Waals surface area contributed by atoms with Crippen molar-refractivity contribution in [1.29, 1.82) is 0 Å². The predicted molar refractivity (Wildman–Crippen MR) is 158 cm³/mol. The van der Waals surface area contributed by atoms with E-state index in [0.29, 0.717) is 19.3 Å². The Morgan fingerprint density at radius 1 is 0.907 bits per heavy atom. The second-order valence-corrected chi connectivity index (χ2v) is 15.1. The molecule has 0 bridgehead atoms. The van der Waals surface area contributed by atoms with Crippen LogP contribution in [0, 0.1) is 46.3 Å². The summed E-state index contributed by atoms with van der Waals surface area (Å²) >= 11 is 0. The summed E-state index contributed by atoms with van der Waals surface area (Å²) in [6.45, 7) is 8.63. The largest absolute Gasteiger partial charge is 0.396 e. The third-order valence-electron chi connectivity index (χ3n) is 12.7. The van der Waals surface area contributed by atoms with E-state index in [1.54, 1.807) is 0 Å². The third kappa shape index (κ3) is 5.45. The summed E-state index contributed by atoms with van der Waals surface area (Å²) < 4.78 is 22.9. The molecule has 17 atom stereocenters. The summed E-state index contributed by atoms with van der Waals surface area (Å²) in [7, 11) is 2.97. The molecule has 0 spiro atoms. The first-order chi connectivity index (χ1) is 20.3. The van der Waals surface area contributed by atoms with Gasteiger partial charge in [-0.2, -0.15) is 0 Å². The Labute approximate surface area is 256 Å². The van der Waals surface area contributed by atoms with E-state index < -0.39 is 66.0 Å². The highest BCUT2D eigenvalue weighted by Gasteiger charge is 2.72. The van der Waals surface area contributed by atoms with Crippen LogP contribution in [0.1, 0.15) is 66.2 Å².